The highest BCUT2D eigenvalue weighted by Crippen LogP contribution is 2.28. The van der Waals surface area contributed by atoms with Gasteiger partial charge in [-0.2, -0.15) is 0 Å². The summed E-state index contributed by atoms with van der Waals surface area (Å²) >= 11 is 0. The monoisotopic (exact) mass is 276 g/mol. The number of aryl methyl sites for hydroxylation is 1. The summed E-state index contributed by atoms with van der Waals surface area (Å²) < 4.78 is 4.99. The Morgan fingerprint density at radius 1 is 1.35 bits per heavy atom. The van der Waals surface area contributed by atoms with Crippen LogP contribution in [0, 0.1) is 12.8 Å². The first-order valence-corrected chi connectivity index (χ1v) is 7.26. The SMILES string of the molecule is COCCCNC(=O)C1CNCC1c1ccc(C)cc1. The molecule has 1 aromatic carbocycles. The van der Waals surface area contributed by atoms with Gasteiger partial charge in [-0.15, -0.1) is 0 Å². The molecule has 2 unspecified atom stereocenters. The van der Waals surface area contributed by atoms with Gasteiger partial charge >= 0.3 is 0 Å². The maximum absolute atomic E-state index is 12.3. The van der Waals surface area contributed by atoms with Crippen LogP contribution in [0.1, 0.15) is 23.5 Å². The molecule has 2 rings (SSSR count). The molecule has 2 atom stereocenters. The van der Waals surface area contributed by atoms with Gasteiger partial charge in [0.25, 0.3) is 0 Å². The first-order valence-electron chi connectivity index (χ1n) is 7.26. The number of hydrogen-bond donors (Lipinski definition) is 2. The van der Waals surface area contributed by atoms with Crippen molar-refractivity contribution in [2.45, 2.75) is 19.3 Å². The van der Waals surface area contributed by atoms with Gasteiger partial charge in [-0.05, 0) is 18.9 Å². The van der Waals surface area contributed by atoms with Crippen molar-refractivity contribution >= 4 is 5.91 Å². The Bertz CT molecular complexity index is 431. The number of amides is 1. The van der Waals surface area contributed by atoms with Gasteiger partial charge in [0.15, 0.2) is 0 Å². The lowest BCUT2D eigenvalue weighted by molar-refractivity contribution is -0.124. The van der Waals surface area contributed by atoms with Gasteiger partial charge < -0.3 is 15.4 Å². The molecule has 1 amide bonds. The molecule has 1 aliphatic rings. The summed E-state index contributed by atoms with van der Waals surface area (Å²) in [6, 6.07) is 8.50. The second kappa shape index (κ2) is 7.41. The van der Waals surface area contributed by atoms with E-state index in [-0.39, 0.29) is 17.7 Å². The van der Waals surface area contributed by atoms with Crippen LogP contribution in [0.15, 0.2) is 24.3 Å². The number of nitrogens with one attached hydrogen (secondary N) is 2. The number of carbonyl (C=O) groups excluding carboxylic acids is 1. The van der Waals surface area contributed by atoms with E-state index in [1.54, 1.807) is 7.11 Å². The van der Waals surface area contributed by atoms with Crippen molar-refractivity contribution in [3.63, 3.8) is 0 Å². The van der Waals surface area contributed by atoms with Crippen molar-refractivity contribution in [3.8, 4) is 0 Å². The van der Waals surface area contributed by atoms with E-state index >= 15 is 0 Å². The summed E-state index contributed by atoms with van der Waals surface area (Å²) in [6.45, 7) is 5.08. The molecule has 0 saturated carbocycles. The third-order valence-corrected chi connectivity index (χ3v) is 3.88. The molecule has 0 spiro atoms. The standard InChI is InChI=1S/C16H24N2O2/c1-12-4-6-13(7-5-12)14-10-17-11-15(14)16(19)18-8-3-9-20-2/h4-7,14-15,17H,3,8-11H2,1-2H3,(H,18,19). The van der Waals surface area contributed by atoms with Crippen LogP contribution in [0.5, 0.6) is 0 Å². The second-order valence-electron chi connectivity index (χ2n) is 5.42. The van der Waals surface area contributed by atoms with Crippen molar-refractivity contribution in [2.75, 3.05) is 33.4 Å². The topological polar surface area (TPSA) is 50.4 Å². The first-order chi connectivity index (χ1) is 9.72. The fourth-order valence-corrected chi connectivity index (χ4v) is 2.68. The van der Waals surface area contributed by atoms with E-state index in [0.717, 1.165) is 19.5 Å². The van der Waals surface area contributed by atoms with Crippen LogP contribution in [0.4, 0.5) is 0 Å². The van der Waals surface area contributed by atoms with E-state index in [1.165, 1.54) is 11.1 Å². The summed E-state index contributed by atoms with van der Waals surface area (Å²) in [5, 5.41) is 6.34. The van der Waals surface area contributed by atoms with E-state index in [4.69, 9.17) is 4.74 Å². The van der Waals surface area contributed by atoms with Crippen molar-refractivity contribution in [1.29, 1.82) is 0 Å². The molecule has 1 aromatic rings. The summed E-state index contributed by atoms with van der Waals surface area (Å²) in [5.41, 5.74) is 2.50. The van der Waals surface area contributed by atoms with Gasteiger partial charge in [-0.25, -0.2) is 0 Å². The van der Waals surface area contributed by atoms with Crippen LogP contribution < -0.4 is 10.6 Å². The average Bonchev–Trinajstić information content (AvgIpc) is 2.93. The van der Waals surface area contributed by atoms with Crippen molar-refractivity contribution < 1.29 is 9.53 Å². The van der Waals surface area contributed by atoms with E-state index in [9.17, 15) is 4.79 Å². The van der Waals surface area contributed by atoms with Gasteiger partial charge in [0, 0.05) is 39.3 Å². The predicted molar refractivity (Wildman–Crippen MR) is 79.8 cm³/mol. The van der Waals surface area contributed by atoms with Crippen LogP contribution in [0.2, 0.25) is 0 Å². The largest absolute Gasteiger partial charge is 0.385 e. The van der Waals surface area contributed by atoms with Crippen molar-refractivity contribution in [2.24, 2.45) is 5.92 Å². The smallest absolute Gasteiger partial charge is 0.225 e. The zero-order chi connectivity index (χ0) is 14.4. The Hall–Kier alpha value is -1.39. The van der Waals surface area contributed by atoms with Crippen molar-refractivity contribution in [3.05, 3.63) is 35.4 Å². The molecule has 2 N–H and O–H groups in total. The molecule has 20 heavy (non-hydrogen) atoms. The number of carbonyl (C=O) groups is 1. The van der Waals surface area contributed by atoms with Gasteiger partial charge in [0.2, 0.25) is 5.91 Å². The molecule has 0 aliphatic carbocycles. The van der Waals surface area contributed by atoms with Crippen molar-refractivity contribution in [1.82, 2.24) is 10.6 Å². The van der Waals surface area contributed by atoms with Crippen LogP contribution in [-0.4, -0.2) is 39.3 Å². The zero-order valence-electron chi connectivity index (χ0n) is 12.3. The second-order valence-corrected chi connectivity index (χ2v) is 5.42. The Kier molecular flexibility index (Phi) is 5.56. The van der Waals surface area contributed by atoms with Crippen LogP contribution >= 0.6 is 0 Å². The highest BCUT2D eigenvalue weighted by atomic mass is 16.5. The third-order valence-electron chi connectivity index (χ3n) is 3.88. The van der Waals surface area contributed by atoms with Gasteiger partial charge in [0.1, 0.15) is 0 Å². The maximum atomic E-state index is 12.3. The van der Waals surface area contributed by atoms with E-state index in [1.807, 2.05) is 0 Å². The Labute approximate surface area is 120 Å². The highest BCUT2D eigenvalue weighted by molar-refractivity contribution is 5.80. The number of rotatable bonds is 6. The molecule has 0 bridgehead atoms. The fourth-order valence-electron chi connectivity index (χ4n) is 2.68. The van der Waals surface area contributed by atoms with Crippen LogP contribution in [-0.2, 0) is 9.53 Å². The highest BCUT2D eigenvalue weighted by Gasteiger charge is 2.33. The lowest BCUT2D eigenvalue weighted by Gasteiger charge is -2.18. The molecule has 4 nitrogen and oxygen atoms in total. The molecule has 0 radical (unpaired) electrons. The van der Waals surface area contributed by atoms with E-state index < -0.39 is 0 Å². The zero-order valence-corrected chi connectivity index (χ0v) is 12.3. The van der Waals surface area contributed by atoms with Gasteiger partial charge in [-0.3, -0.25) is 4.79 Å². The summed E-state index contributed by atoms with van der Waals surface area (Å²) in [6.07, 6.45) is 0.859. The Morgan fingerprint density at radius 2 is 2.10 bits per heavy atom. The number of methoxy groups -OCH3 is 1. The molecule has 1 heterocycles. The normalized spacial score (nSPS) is 21.9. The Balaban J connectivity index is 1.93. The molecular formula is C16H24N2O2. The number of benzene rings is 1. The number of ether oxygens (including phenoxy) is 1. The summed E-state index contributed by atoms with van der Waals surface area (Å²) in [4.78, 5) is 12.3. The Morgan fingerprint density at radius 3 is 2.80 bits per heavy atom. The molecular weight excluding hydrogens is 252 g/mol. The minimum absolute atomic E-state index is 0.0280. The molecule has 0 aromatic heterocycles. The fraction of sp³-hybridized carbons (Fsp3) is 0.562. The van der Waals surface area contributed by atoms with Gasteiger partial charge in [0.05, 0.1) is 5.92 Å². The van der Waals surface area contributed by atoms with Crippen LogP contribution in [0.25, 0.3) is 0 Å². The van der Waals surface area contributed by atoms with Crippen LogP contribution in [0.3, 0.4) is 0 Å². The maximum Gasteiger partial charge on any atom is 0.225 e. The molecule has 110 valence electrons. The van der Waals surface area contributed by atoms with Gasteiger partial charge in [-0.1, -0.05) is 29.8 Å². The van der Waals surface area contributed by atoms with E-state index in [2.05, 4.69) is 41.8 Å². The lowest BCUT2D eigenvalue weighted by Crippen LogP contribution is -2.35. The quantitative estimate of drug-likeness (QED) is 0.773. The third kappa shape index (κ3) is 3.81. The lowest BCUT2D eigenvalue weighted by atomic mass is 9.88. The average molecular weight is 276 g/mol. The molecule has 4 heteroatoms. The molecule has 1 saturated heterocycles. The minimum Gasteiger partial charge on any atom is -0.385 e. The molecule has 1 fully saturated rings. The predicted octanol–water partition coefficient (Wildman–Crippen LogP) is 1.45. The number of hydrogen-bond acceptors (Lipinski definition) is 3. The summed E-state index contributed by atoms with van der Waals surface area (Å²) in [7, 11) is 1.68. The molecule has 1 aliphatic heterocycles. The first kappa shape index (κ1) is 15.0. The minimum atomic E-state index is 0.0280. The summed E-state index contributed by atoms with van der Waals surface area (Å²) in [5.74, 6) is 0.454. The van der Waals surface area contributed by atoms with E-state index in [0.29, 0.717) is 13.2 Å².